The predicted octanol–water partition coefficient (Wildman–Crippen LogP) is 2.14. The molecule has 1 amide bonds. The average molecular weight is 242 g/mol. The van der Waals surface area contributed by atoms with E-state index < -0.39 is 6.09 Å². The van der Waals surface area contributed by atoms with Crippen molar-refractivity contribution in [1.82, 2.24) is 5.32 Å². The van der Waals surface area contributed by atoms with Crippen molar-refractivity contribution in [2.45, 2.75) is 31.7 Å². The number of amides is 1. The quantitative estimate of drug-likeness (QED) is 0.438. The first-order chi connectivity index (χ1) is 8.22. The number of hydrogen-bond donors (Lipinski definition) is 2. The Kier molecular flexibility index (Phi) is 6.21. The molecule has 0 aromatic heterocycles. The normalized spacial score (nSPS) is 22.0. The van der Waals surface area contributed by atoms with Crippen molar-refractivity contribution in [3.05, 3.63) is 10.4 Å². The van der Waals surface area contributed by atoms with E-state index in [4.69, 9.17) is 15.4 Å². The van der Waals surface area contributed by atoms with Crippen LogP contribution < -0.4 is 5.32 Å². The lowest BCUT2D eigenvalue weighted by Crippen LogP contribution is -2.38. The Morgan fingerprint density at radius 3 is 3.18 bits per heavy atom. The van der Waals surface area contributed by atoms with Crippen LogP contribution in [0.1, 0.15) is 25.7 Å². The summed E-state index contributed by atoms with van der Waals surface area (Å²) in [7, 11) is 0. The SMILES string of the molecule is [N-]=[N+]=NC[C@H](C[C@@H]1CCCCOC1)NC(=O)O. The smallest absolute Gasteiger partial charge is 0.404 e. The Bertz CT molecular complexity index is 279. The Balaban J connectivity index is 2.44. The second-order valence-corrected chi connectivity index (χ2v) is 4.23. The zero-order chi connectivity index (χ0) is 12.5. The Morgan fingerprint density at radius 2 is 2.47 bits per heavy atom. The summed E-state index contributed by atoms with van der Waals surface area (Å²) >= 11 is 0. The Hall–Kier alpha value is -1.46. The third-order valence-electron chi connectivity index (χ3n) is 2.82. The second kappa shape index (κ2) is 7.76. The summed E-state index contributed by atoms with van der Waals surface area (Å²) in [5.74, 6) is 0.336. The molecule has 1 aliphatic heterocycles. The van der Waals surface area contributed by atoms with Crippen LogP contribution in [0.3, 0.4) is 0 Å². The Labute approximate surface area is 99.8 Å². The van der Waals surface area contributed by atoms with Gasteiger partial charge in [0.1, 0.15) is 0 Å². The van der Waals surface area contributed by atoms with E-state index in [2.05, 4.69) is 15.3 Å². The molecule has 96 valence electrons. The molecule has 17 heavy (non-hydrogen) atoms. The highest BCUT2D eigenvalue weighted by molar-refractivity contribution is 5.64. The van der Waals surface area contributed by atoms with Gasteiger partial charge in [0.05, 0.1) is 0 Å². The molecule has 0 unspecified atom stereocenters. The molecular formula is C10H18N4O3. The largest absolute Gasteiger partial charge is 0.465 e. The van der Waals surface area contributed by atoms with Gasteiger partial charge >= 0.3 is 6.09 Å². The topological polar surface area (TPSA) is 107 Å². The highest BCUT2D eigenvalue weighted by Gasteiger charge is 2.19. The maximum atomic E-state index is 10.6. The number of azide groups is 1. The molecule has 1 saturated heterocycles. The number of carbonyl (C=O) groups is 1. The number of carboxylic acid groups (broad SMARTS) is 1. The molecule has 2 atom stereocenters. The molecule has 2 N–H and O–H groups in total. The maximum Gasteiger partial charge on any atom is 0.404 e. The monoisotopic (exact) mass is 242 g/mol. The third kappa shape index (κ3) is 5.99. The van der Waals surface area contributed by atoms with Gasteiger partial charge in [-0.25, -0.2) is 4.79 Å². The molecule has 0 spiro atoms. The summed E-state index contributed by atoms with van der Waals surface area (Å²) in [5, 5.41) is 14.5. The Morgan fingerprint density at radius 1 is 1.65 bits per heavy atom. The van der Waals surface area contributed by atoms with E-state index in [-0.39, 0.29) is 12.6 Å². The van der Waals surface area contributed by atoms with E-state index in [9.17, 15) is 4.79 Å². The summed E-state index contributed by atoms with van der Waals surface area (Å²) in [6.45, 7) is 1.59. The maximum absolute atomic E-state index is 10.6. The molecule has 1 rings (SSSR count). The van der Waals surface area contributed by atoms with Crippen molar-refractivity contribution in [1.29, 1.82) is 0 Å². The minimum absolute atomic E-state index is 0.152. The van der Waals surface area contributed by atoms with Gasteiger partial charge in [0.25, 0.3) is 0 Å². The van der Waals surface area contributed by atoms with Crippen molar-refractivity contribution in [3.63, 3.8) is 0 Å². The average Bonchev–Trinajstić information content (AvgIpc) is 2.53. The van der Waals surface area contributed by atoms with Crippen LogP contribution in [0.2, 0.25) is 0 Å². The molecule has 0 bridgehead atoms. The van der Waals surface area contributed by atoms with E-state index in [1.54, 1.807) is 0 Å². The van der Waals surface area contributed by atoms with Crippen LogP contribution >= 0.6 is 0 Å². The number of rotatable bonds is 5. The zero-order valence-electron chi connectivity index (χ0n) is 9.71. The van der Waals surface area contributed by atoms with Gasteiger partial charge in [0, 0.05) is 30.7 Å². The number of nitrogens with one attached hydrogen (secondary N) is 1. The van der Waals surface area contributed by atoms with Crippen LogP contribution in [0.4, 0.5) is 4.79 Å². The highest BCUT2D eigenvalue weighted by Crippen LogP contribution is 2.19. The fourth-order valence-electron chi connectivity index (χ4n) is 2.05. The van der Waals surface area contributed by atoms with E-state index in [1.807, 2.05) is 0 Å². The molecule has 7 heteroatoms. The number of nitrogens with zero attached hydrogens (tertiary/aromatic N) is 3. The summed E-state index contributed by atoms with van der Waals surface area (Å²) in [5.41, 5.74) is 8.26. The second-order valence-electron chi connectivity index (χ2n) is 4.23. The minimum atomic E-state index is -1.09. The molecule has 1 fully saturated rings. The van der Waals surface area contributed by atoms with Gasteiger partial charge in [0.2, 0.25) is 0 Å². The summed E-state index contributed by atoms with van der Waals surface area (Å²) < 4.78 is 5.44. The molecular weight excluding hydrogens is 224 g/mol. The lowest BCUT2D eigenvalue weighted by molar-refractivity contribution is 0.108. The zero-order valence-corrected chi connectivity index (χ0v) is 9.71. The van der Waals surface area contributed by atoms with Gasteiger partial charge in [-0.3, -0.25) is 0 Å². The van der Waals surface area contributed by atoms with Crippen LogP contribution in [-0.4, -0.2) is 37.0 Å². The molecule has 0 saturated carbocycles. The van der Waals surface area contributed by atoms with Crippen molar-refractivity contribution < 1.29 is 14.6 Å². The molecule has 1 heterocycles. The fourth-order valence-corrected chi connectivity index (χ4v) is 2.05. The van der Waals surface area contributed by atoms with Crippen molar-refractivity contribution in [3.8, 4) is 0 Å². The molecule has 0 aliphatic carbocycles. The molecule has 7 nitrogen and oxygen atoms in total. The molecule has 0 aromatic carbocycles. The summed E-state index contributed by atoms with van der Waals surface area (Å²) in [4.78, 5) is 13.3. The predicted molar refractivity (Wildman–Crippen MR) is 61.7 cm³/mol. The van der Waals surface area contributed by atoms with Crippen molar-refractivity contribution in [2.24, 2.45) is 11.0 Å². The summed E-state index contributed by atoms with van der Waals surface area (Å²) in [6, 6.07) is -0.324. The third-order valence-corrected chi connectivity index (χ3v) is 2.82. The van der Waals surface area contributed by atoms with Gasteiger partial charge in [-0.05, 0) is 30.7 Å². The van der Waals surface area contributed by atoms with Crippen LogP contribution in [0.15, 0.2) is 5.11 Å². The number of ether oxygens (including phenoxy) is 1. The van der Waals surface area contributed by atoms with Crippen molar-refractivity contribution in [2.75, 3.05) is 19.8 Å². The van der Waals surface area contributed by atoms with Gasteiger partial charge in [-0.15, -0.1) is 0 Å². The van der Waals surface area contributed by atoms with Crippen LogP contribution in [0, 0.1) is 5.92 Å². The van der Waals surface area contributed by atoms with Crippen LogP contribution in [-0.2, 0) is 4.74 Å². The molecule has 0 aromatic rings. The highest BCUT2D eigenvalue weighted by atomic mass is 16.5. The van der Waals surface area contributed by atoms with Crippen LogP contribution in [0.5, 0.6) is 0 Å². The van der Waals surface area contributed by atoms with E-state index >= 15 is 0 Å². The van der Waals surface area contributed by atoms with E-state index in [0.29, 0.717) is 18.9 Å². The number of hydrogen-bond acceptors (Lipinski definition) is 3. The first-order valence-electron chi connectivity index (χ1n) is 5.80. The van der Waals surface area contributed by atoms with Crippen molar-refractivity contribution >= 4 is 6.09 Å². The van der Waals surface area contributed by atoms with Gasteiger partial charge in [0.15, 0.2) is 0 Å². The summed E-state index contributed by atoms with van der Waals surface area (Å²) in [6.07, 6.45) is 2.77. The van der Waals surface area contributed by atoms with Gasteiger partial charge in [-0.1, -0.05) is 11.5 Å². The van der Waals surface area contributed by atoms with E-state index in [1.165, 1.54) is 0 Å². The fraction of sp³-hybridized carbons (Fsp3) is 0.900. The van der Waals surface area contributed by atoms with E-state index in [0.717, 1.165) is 25.9 Å². The first kappa shape index (κ1) is 13.6. The lowest BCUT2D eigenvalue weighted by Gasteiger charge is -2.20. The molecule has 1 aliphatic rings. The lowest BCUT2D eigenvalue weighted by atomic mass is 9.96. The van der Waals surface area contributed by atoms with Crippen LogP contribution in [0.25, 0.3) is 10.4 Å². The molecule has 0 radical (unpaired) electrons. The standard InChI is InChI=1S/C10H18N4O3/c11-14-12-6-9(13-10(15)16)5-8-3-1-2-4-17-7-8/h8-9,13H,1-7H2,(H,15,16)/t8-,9-/m0/s1. The van der Waals surface area contributed by atoms with Gasteiger partial charge < -0.3 is 15.2 Å². The van der Waals surface area contributed by atoms with Gasteiger partial charge in [-0.2, -0.15) is 0 Å². The first-order valence-corrected chi connectivity index (χ1v) is 5.80. The minimum Gasteiger partial charge on any atom is -0.465 e.